The van der Waals surface area contributed by atoms with Gasteiger partial charge < -0.3 is 0 Å². The zero-order valence-corrected chi connectivity index (χ0v) is 5.70. The van der Waals surface area contributed by atoms with Crippen LogP contribution in [-0.4, -0.2) is 5.38 Å². The monoisotopic (exact) mass is 119 g/mol. The molecule has 0 aromatic heterocycles. The van der Waals surface area contributed by atoms with E-state index in [9.17, 15) is 0 Å². The summed E-state index contributed by atoms with van der Waals surface area (Å²) in [6.07, 6.45) is 1.02. The third-order valence-electron chi connectivity index (χ3n) is 1.01. The van der Waals surface area contributed by atoms with Crippen molar-refractivity contribution in [3.05, 3.63) is 6.92 Å². The lowest BCUT2D eigenvalue weighted by Crippen LogP contribution is -2.04. The summed E-state index contributed by atoms with van der Waals surface area (Å²) in [5.74, 6) is 0.381. The summed E-state index contributed by atoms with van der Waals surface area (Å²) in [6.45, 7) is 7.88. The molecule has 0 aliphatic rings. The Kier molecular flexibility index (Phi) is 3.45. The maximum atomic E-state index is 5.74. The summed E-state index contributed by atoms with van der Waals surface area (Å²) in [4.78, 5) is 0. The third-order valence-corrected chi connectivity index (χ3v) is 1.75. The highest BCUT2D eigenvalue weighted by atomic mass is 35.5. The van der Waals surface area contributed by atoms with Crippen LogP contribution < -0.4 is 0 Å². The Morgan fingerprint density at radius 2 is 2.14 bits per heavy atom. The van der Waals surface area contributed by atoms with Gasteiger partial charge in [0.05, 0.1) is 0 Å². The number of hydrogen-bond acceptors (Lipinski definition) is 0. The van der Waals surface area contributed by atoms with Crippen LogP contribution in [0.15, 0.2) is 0 Å². The second kappa shape index (κ2) is 3.31. The highest BCUT2D eigenvalue weighted by molar-refractivity contribution is 6.20. The molecule has 43 valence electrons. The van der Waals surface area contributed by atoms with E-state index in [4.69, 9.17) is 11.6 Å². The molecule has 0 aliphatic carbocycles. The van der Waals surface area contributed by atoms with Gasteiger partial charge in [-0.2, -0.15) is 0 Å². The molecule has 1 radical (unpaired) electrons. The first kappa shape index (κ1) is 7.29. The zero-order chi connectivity index (χ0) is 5.86. The summed E-state index contributed by atoms with van der Waals surface area (Å²) in [7, 11) is 0. The van der Waals surface area contributed by atoms with Crippen LogP contribution in [0.25, 0.3) is 0 Å². The molecule has 0 amide bonds. The minimum atomic E-state index is 0.264. The van der Waals surface area contributed by atoms with Gasteiger partial charge in [0.1, 0.15) is 0 Å². The molecule has 0 bridgehead atoms. The summed E-state index contributed by atoms with van der Waals surface area (Å²) in [6, 6.07) is 0. The van der Waals surface area contributed by atoms with Gasteiger partial charge in [-0.3, -0.25) is 0 Å². The molecule has 7 heavy (non-hydrogen) atoms. The largest absolute Gasteiger partial charge is 0.123 e. The van der Waals surface area contributed by atoms with Crippen molar-refractivity contribution in [1.29, 1.82) is 0 Å². The van der Waals surface area contributed by atoms with E-state index in [1.165, 1.54) is 0 Å². The highest BCUT2D eigenvalue weighted by Crippen LogP contribution is 2.11. The van der Waals surface area contributed by atoms with Crippen molar-refractivity contribution in [2.45, 2.75) is 25.6 Å². The van der Waals surface area contributed by atoms with Gasteiger partial charge in [-0.05, 0) is 19.3 Å². The number of halogens is 1. The predicted octanol–water partition coefficient (Wildman–Crippen LogP) is 2.47. The van der Waals surface area contributed by atoms with E-state index in [0.29, 0.717) is 5.92 Å². The summed E-state index contributed by atoms with van der Waals surface area (Å²) in [5, 5.41) is 0.264. The normalized spacial score (nSPS) is 15.0. The van der Waals surface area contributed by atoms with E-state index in [-0.39, 0.29) is 5.38 Å². The molecule has 2 unspecified atom stereocenters. The quantitative estimate of drug-likeness (QED) is 0.490. The molecule has 1 heteroatoms. The van der Waals surface area contributed by atoms with Gasteiger partial charge >= 0.3 is 0 Å². The van der Waals surface area contributed by atoms with E-state index in [1.54, 1.807) is 0 Å². The lowest BCUT2D eigenvalue weighted by molar-refractivity contribution is 0.641. The van der Waals surface area contributed by atoms with Gasteiger partial charge in [0.25, 0.3) is 0 Å². The topological polar surface area (TPSA) is 0 Å². The van der Waals surface area contributed by atoms with Crippen molar-refractivity contribution in [1.82, 2.24) is 0 Å². The maximum Gasteiger partial charge on any atom is 0.0359 e. The number of rotatable bonds is 2. The Balaban J connectivity index is 3.14. The van der Waals surface area contributed by atoms with Crippen LogP contribution in [0.4, 0.5) is 0 Å². The molecule has 0 saturated carbocycles. The average Bonchev–Trinajstić information content (AvgIpc) is 1.65. The second-order valence-corrected chi connectivity index (χ2v) is 2.46. The highest BCUT2D eigenvalue weighted by Gasteiger charge is 2.04. The third kappa shape index (κ3) is 2.93. The molecule has 0 aliphatic heterocycles. The molecule has 0 nitrogen and oxygen atoms in total. The minimum Gasteiger partial charge on any atom is -0.123 e. The summed E-state index contributed by atoms with van der Waals surface area (Å²) < 4.78 is 0. The Bertz CT molecular complexity index is 41.4. The molecule has 0 fully saturated rings. The van der Waals surface area contributed by atoms with E-state index < -0.39 is 0 Å². The van der Waals surface area contributed by atoms with Gasteiger partial charge in [-0.1, -0.05) is 13.8 Å². The van der Waals surface area contributed by atoms with Crippen LogP contribution >= 0.6 is 11.6 Å². The van der Waals surface area contributed by atoms with Gasteiger partial charge in [-0.15, -0.1) is 11.6 Å². The molecule has 0 spiro atoms. The fourth-order valence-corrected chi connectivity index (χ4v) is 0.402. The fraction of sp³-hybridized carbons (Fsp3) is 0.833. The van der Waals surface area contributed by atoms with E-state index in [0.717, 1.165) is 6.42 Å². The lowest BCUT2D eigenvalue weighted by Gasteiger charge is -2.07. The van der Waals surface area contributed by atoms with Crippen molar-refractivity contribution in [3.63, 3.8) is 0 Å². The first-order valence-electron chi connectivity index (χ1n) is 2.65. The van der Waals surface area contributed by atoms with Crippen molar-refractivity contribution in [2.75, 3.05) is 0 Å². The molecular weight excluding hydrogens is 108 g/mol. The molecule has 0 heterocycles. The maximum absolute atomic E-state index is 5.74. The Morgan fingerprint density at radius 3 is 2.14 bits per heavy atom. The van der Waals surface area contributed by atoms with E-state index in [2.05, 4.69) is 13.8 Å². The molecule has 0 saturated heterocycles. The minimum absolute atomic E-state index is 0.264. The van der Waals surface area contributed by atoms with Crippen molar-refractivity contribution in [3.8, 4) is 0 Å². The Labute approximate surface area is 50.9 Å². The average molecular weight is 120 g/mol. The lowest BCUT2D eigenvalue weighted by atomic mass is 10.1. The fourth-order valence-electron chi connectivity index (χ4n) is 0.402. The van der Waals surface area contributed by atoms with Crippen LogP contribution in [0, 0.1) is 12.8 Å². The molecule has 0 N–H and O–H groups in total. The molecule has 0 aromatic rings. The molecular formula is C6H12Cl. The standard InChI is InChI=1S/C6H12Cl/c1-4-6(7)5(2)3/h5-6H,2,4H2,1,3H3. The van der Waals surface area contributed by atoms with Crippen molar-refractivity contribution in [2.24, 2.45) is 5.92 Å². The molecule has 2 atom stereocenters. The first-order chi connectivity index (χ1) is 3.18. The number of alkyl halides is 1. The first-order valence-corrected chi connectivity index (χ1v) is 3.09. The summed E-state index contributed by atoms with van der Waals surface area (Å²) in [5.41, 5.74) is 0. The summed E-state index contributed by atoms with van der Waals surface area (Å²) >= 11 is 5.74. The van der Waals surface area contributed by atoms with Crippen LogP contribution in [0.2, 0.25) is 0 Å². The van der Waals surface area contributed by atoms with Crippen LogP contribution in [0.5, 0.6) is 0 Å². The Morgan fingerprint density at radius 1 is 1.71 bits per heavy atom. The van der Waals surface area contributed by atoms with Crippen molar-refractivity contribution >= 4 is 11.6 Å². The molecule has 0 rings (SSSR count). The van der Waals surface area contributed by atoms with Crippen LogP contribution in [0.3, 0.4) is 0 Å². The SMILES string of the molecule is [CH2]C(C)C(Cl)CC. The second-order valence-electron chi connectivity index (χ2n) is 1.90. The van der Waals surface area contributed by atoms with Crippen molar-refractivity contribution < 1.29 is 0 Å². The van der Waals surface area contributed by atoms with E-state index >= 15 is 0 Å². The van der Waals surface area contributed by atoms with Gasteiger partial charge in [0.15, 0.2) is 0 Å². The number of hydrogen-bond donors (Lipinski definition) is 0. The predicted molar refractivity (Wildman–Crippen MR) is 34.5 cm³/mol. The smallest absolute Gasteiger partial charge is 0.0359 e. The zero-order valence-electron chi connectivity index (χ0n) is 4.95. The van der Waals surface area contributed by atoms with Gasteiger partial charge in [-0.25, -0.2) is 0 Å². The van der Waals surface area contributed by atoms with Gasteiger partial charge in [0, 0.05) is 5.38 Å². The van der Waals surface area contributed by atoms with Crippen LogP contribution in [0.1, 0.15) is 20.3 Å². The van der Waals surface area contributed by atoms with E-state index in [1.807, 2.05) is 6.92 Å². The van der Waals surface area contributed by atoms with Gasteiger partial charge in [0.2, 0.25) is 0 Å². The molecule has 0 aromatic carbocycles. The van der Waals surface area contributed by atoms with Crippen LogP contribution in [-0.2, 0) is 0 Å². The Hall–Kier alpha value is 0.290.